The van der Waals surface area contributed by atoms with Gasteiger partial charge in [0.1, 0.15) is 0 Å². The Labute approximate surface area is 188 Å². The lowest BCUT2D eigenvalue weighted by Gasteiger charge is -2.36. The normalized spacial score (nSPS) is 16.9. The highest BCUT2D eigenvalue weighted by Gasteiger charge is 2.24. The molecule has 1 fully saturated rings. The molecule has 2 heterocycles. The van der Waals surface area contributed by atoms with Crippen molar-refractivity contribution in [1.82, 2.24) is 4.90 Å². The zero-order chi connectivity index (χ0) is 21.8. The van der Waals surface area contributed by atoms with Crippen molar-refractivity contribution in [3.8, 4) is 0 Å². The average molecular weight is 439 g/mol. The van der Waals surface area contributed by atoms with Crippen molar-refractivity contribution in [3.05, 3.63) is 48.0 Å². The largest absolute Gasteiger partial charge is 0.369 e. The molecular weight excluding hydrogens is 408 g/mol. The summed E-state index contributed by atoms with van der Waals surface area (Å²) in [4.78, 5) is 32.6. The third-order valence-electron chi connectivity index (χ3n) is 6.01. The maximum atomic E-state index is 12.6. The van der Waals surface area contributed by atoms with Gasteiger partial charge in [0, 0.05) is 55.4 Å². The highest BCUT2D eigenvalue weighted by molar-refractivity contribution is 8.00. The minimum absolute atomic E-state index is 0.0554. The number of benzene rings is 2. The number of fused-ring (bicyclic) bond motifs is 1. The molecule has 2 aliphatic heterocycles. The van der Waals surface area contributed by atoms with Gasteiger partial charge in [0.05, 0.1) is 11.4 Å². The molecule has 0 spiro atoms. The first-order valence-corrected chi connectivity index (χ1v) is 11.9. The Kier molecular flexibility index (Phi) is 6.83. The van der Waals surface area contributed by atoms with Gasteiger partial charge in [0.15, 0.2) is 0 Å². The first-order valence-electron chi connectivity index (χ1n) is 10.9. The van der Waals surface area contributed by atoms with Gasteiger partial charge in [-0.1, -0.05) is 19.1 Å². The fourth-order valence-electron chi connectivity index (χ4n) is 4.23. The number of likely N-dealkylation sites (N-methyl/N-ethyl adjacent to an activating group) is 1. The van der Waals surface area contributed by atoms with Gasteiger partial charge in [-0.05, 0) is 49.4 Å². The first kappa shape index (κ1) is 21.7. The summed E-state index contributed by atoms with van der Waals surface area (Å²) in [5, 5.41) is 3.00. The number of amides is 2. The van der Waals surface area contributed by atoms with Crippen molar-refractivity contribution in [3.63, 3.8) is 0 Å². The highest BCUT2D eigenvalue weighted by Crippen LogP contribution is 2.35. The van der Waals surface area contributed by atoms with Crippen LogP contribution in [-0.2, 0) is 9.59 Å². The van der Waals surface area contributed by atoms with Crippen LogP contribution in [0, 0.1) is 6.92 Å². The Hall–Kier alpha value is -2.51. The molecule has 4 rings (SSSR count). The second-order valence-corrected chi connectivity index (χ2v) is 9.04. The van der Waals surface area contributed by atoms with Crippen molar-refractivity contribution < 1.29 is 9.59 Å². The molecule has 7 heteroatoms. The van der Waals surface area contributed by atoms with Crippen LogP contribution < -0.4 is 15.1 Å². The van der Waals surface area contributed by atoms with E-state index in [0.29, 0.717) is 12.3 Å². The molecule has 0 aromatic heterocycles. The number of hydrogen-bond donors (Lipinski definition) is 1. The summed E-state index contributed by atoms with van der Waals surface area (Å²) >= 11 is 1.55. The van der Waals surface area contributed by atoms with E-state index in [9.17, 15) is 9.59 Å². The highest BCUT2D eigenvalue weighted by atomic mass is 32.2. The lowest BCUT2D eigenvalue weighted by molar-refractivity contribution is -0.117. The van der Waals surface area contributed by atoms with Crippen LogP contribution in [0.1, 0.15) is 18.9 Å². The number of thioether (sulfide) groups is 1. The van der Waals surface area contributed by atoms with E-state index < -0.39 is 0 Å². The molecule has 2 aliphatic rings. The third-order valence-corrected chi connectivity index (χ3v) is 7.06. The van der Waals surface area contributed by atoms with Gasteiger partial charge in [-0.15, -0.1) is 11.8 Å². The quantitative estimate of drug-likeness (QED) is 0.747. The van der Waals surface area contributed by atoms with Crippen molar-refractivity contribution in [2.24, 2.45) is 0 Å². The van der Waals surface area contributed by atoms with Gasteiger partial charge in [0.2, 0.25) is 11.8 Å². The van der Waals surface area contributed by atoms with Crippen LogP contribution in [0.5, 0.6) is 0 Å². The molecule has 6 nitrogen and oxygen atoms in total. The maximum absolute atomic E-state index is 12.6. The summed E-state index contributed by atoms with van der Waals surface area (Å²) < 4.78 is 0. The van der Waals surface area contributed by atoms with Crippen LogP contribution in [0.25, 0.3) is 0 Å². The smallest absolute Gasteiger partial charge is 0.237 e. The van der Waals surface area contributed by atoms with Crippen molar-refractivity contribution in [2.75, 3.05) is 60.1 Å². The Bertz CT molecular complexity index is 956. The van der Waals surface area contributed by atoms with Crippen molar-refractivity contribution in [1.29, 1.82) is 0 Å². The van der Waals surface area contributed by atoms with Gasteiger partial charge >= 0.3 is 0 Å². The molecule has 2 aromatic carbocycles. The summed E-state index contributed by atoms with van der Waals surface area (Å²) in [7, 11) is 0. The number of nitrogens with one attached hydrogen (secondary N) is 1. The predicted octanol–water partition coefficient (Wildman–Crippen LogP) is 3.60. The van der Waals surface area contributed by atoms with Crippen LogP contribution >= 0.6 is 11.8 Å². The Morgan fingerprint density at radius 1 is 1.06 bits per heavy atom. The third kappa shape index (κ3) is 5.05. The summed E-state index contributed by atoms with van der Waals surface area (Å²) in [5.74, 6) is 0.401. The number of nitrogens with zero attached hydrogens (tertiary/aromatic N) is 3. The fraction of sp³-hybridized carbons (Fsp3) is 0.417. The van der Waals surface area contributed by atoms with E-state index in [-0.39, 0.29) is 18.2 Å². The summed E-state index contributed by atoms with van der Waals surface area (Å²) in [5.41, 5.74) is 4.11. The topological polar surface area (TPSA) is 55.9 Å². The van der Waals surface area contributed by atoms with E-state index >= 15 is 0 Å². The minimum atomic E-state index is -0.0767. The van der Waals surface area contributed by atoms with E-state index in [1.165, 1.54) is 11.3 Å². The van der Waals surface area contributed by atoms with E-state index in [0.717, 1.165) is 49.0 Å². The van der Waals surface area contributed by atoms with Gasteiger partial charge < -0.3 is 20.0 Å². The molecule has 0 radical (unpaired) electrons. The SMILES string of the molecule is CCN1CCN(c2ccc(NC(=O)CCN3C(=O)CSc4ccccc43)cc2C)CC1. The van der Waals surface area contributed by atoms with E-state index in [2.05, 4.69) is 35.0 Å². The van der Waals surface area contributed by atoms with E-state index in [4.69, 9.17) is 0 Å². The predicted molar refractivity (Wildman–Crippen MR) is 128 cm³/mol. The first-order chi connectivity index (χ1) is 15.0. The van der Waals surface area contributed by atoms with Gasteiger partial charge in [-0.3, -0.25) is 9.59 Å². The second kappa shape index (κ2) is 9.75. The standard InChI is InChI=1S/C24H30N4O2S/c1-3-26-12-14-27(15-13-26)20-9-8-19(16-18(20)2)25-23(29)10-11-28-21-6-4-5-7-22(21)31-17-24(28)30/h4-9,16H,3,10-15,17H2,1-2H3,(H,25,29). The lowest BCUT2D eigenvalue weighted by Crippen LogP contribution is -2.46. The number of carbonyl (C=O) groups excluding carboxylic acids is 2. The number of rotatable bonds is 6. The van der Waals surface area contributed by atoms with E-state index in [1.54, 1.807) is 16.7 Å². The second-order valence-electron chi connectivity index (χ2n) is 8.02. The molecule has 0 atom stereocenters. The number of aryl methyl sites for hydroxylation is 1. The zero-order valence-electron chi connectivity index (χ0n) is 18.3. The van der Waals surface area contributed by atoms with Crippen LogP contribution in [0.2, 0.25) is 0 Å². The molecule has 2 aromatic rings. The number of hydrogen-bond acceptors (Lipinski definition) is 5. The monoisotopic (exact) mass is 438 g/mol. The molecule has 0 aliphatic carbocycles. The maximum Gasteiger partial charge on any atom is 0.237 e. The average Bonchev–Trinajstić information content (AvgIpc) is 2.78. The van der Waals surface area contributed by atoms with Crippen molar-refractivity contribution >= 4 is 40.6 Å². The number of para-hydroxylation sites is 1. The van der Waals surface area contributed by atoms with Crippen LogP contribution in [0.4, 0.5) is 17.1 Å². The van der Waals surface area contributed by atoms with Gasteiger partial charge in [0.25, 0.3) is 0 Å². The molecule has 2 amide bonds. The van der Waals surface area contributed by atoms with Gasteiger partial charge in [-0.2, -0.15) is 0 Å². The lowest BCUT2D eigenvalue weighted by atomic mass is 10.1. The Morgan fingerprint density at radius 3 is 2.58 bits per heavy atom. The minimum Gasteiger partial charge on any atom is -0.369 e. The van der Waals surface area contributed by atoms with Crippen LogP contribution in [0.15, 0.2) is 47.4 Å². The molecule has 1 N–H and O–H groups in total. The van der Waals surface area contributed by atoms with Crippen molar-refractivity contribution in [2.45, 2.75) is 25.2 Å². The molecular formula is C24H30N4O2S. The molecule has 31 heavy (non-hydrogen) atoms. The molecule has 1 saturated heterocycles. The number of piperazine rings is 1. The molecule has 0 unspecified atom stereocenters. The summed E-state index contributed by atoms with van der Waals surface area (Å²) in [6.07, 6.45) is 0.268. The Morgan fingerprint density at radius 2 is 1.84 bits per heavy atom. The fourth-order valence-corrected chi connectivity index (χ4v) is 5.16. The number of anilines is 3. The van der Waals surface area contributed by atoms with Gasteiger partial charge in [-0.25, -0.2) is 0 Å². The molecule has 0 saturated carbocycles. The van der Waals surface area contributed by atoms with Crippen LogP contribution in [0.3, 0.4) is 0 Å². The zero-order valence-corrected chi connectivity index (χ0v) is 19.1. The molecule has 164 valence electrons. The van der Waals surface area contributed by atoms with E-state index in [1.807, 2.05) is 36.4 Å². The Balaban J connectivity index is 1.34. The summed E-state index contributed by atoms with van der Waals surface area (Å²) in [6.45, 7) is 10.0. The van der Waals surface area contributed by atoms with Crippen LogP contribution in [-0.4, -0.2) is 61.7 Å². The molecule has 0 bridgehead atoms. The number of carbonyl (C=O) groups is 2. The summed E-state index contributed by atoms with van der Waals surface area (Å²) in [6, 6.07) is 14.0.